The molecule has 1 amide bonds. The highest BCUT2D eigenvalue weighted by Crippen LogP contribution is 2.28. The number of fused-ring (bicyclic) bond motifs is 1. The van der Waals surface area contributed by atoms with Gasteiger partial charge >= 0.3 is 0 Å². The number of nitrogens with zero attached hydrogens (tertiary/aromatic N) is 2. The molecule has 31 heavy (non-hydrogen) atoms. The van der Waals surface area contributed by atoms with Crippen LogP contribution in [0.4, 0.5) is 11.4 Å². The van der Waals surface area contributed by atoms with Gasteiger partial charge in [-0.05, 0) is 60.5 Å². The molecule has 1 N–H and O–H groups in total. The second-order valence-electron chi connectivity index (χ2n) is 6.84. The van der Waals surface area contributed by atoms with Crippen molar-refractivity contribution < 1.29 is 14.1 Å². The first-order valence-electron chi connectivity index (χ1n) is 9.30. The number of oxazole rings is 1. The average Bonchev–Trinajstić information content (AvgIpc) is 3.18. The molecule has 1 aromatic heterocycles. The van der Waals surface area contributed by atoms with E-state index >= 15 is 0 Å². The Morgan fingerprint density at radius 2 is 2.00 bits per heavy atom. The highest BCUT2D eigenvalue weighted by molar-refractivity contribution is 9.10. The van der Waals surface area contributed by atoms with Gasteiger partial charge in [0.15, 0.2) is 5.58 Å². The number of nitro groups is 1. The lowest BCUT2D eigenvalue weighted by molar-refractivity contribution is -0.384. The van der Waals surface area contributed by atoms with Gasteiger partial charge in [-0.2, -0.15) is 0 Å². The van der Waals surface area contributed by atoms with Crippen LogP contribution in [0, 0.1) is 17.0 Å². The number of carbonyl (C=O) groups is 1. The van der Waals surface area contributed by atoms with Crippen LogP contribution in [0.25, 0.3) is 28.6 Å². The number of hydrogen-bond donors (Lipinski definition) is 1. The van der Waals surface area contributed by atoms with Crippen LogP contribution in [0.2, 0.25) is 0 Å². The number of benzene rings is 3. The van der Waals surface area contributed by atoms with E-state index in [1.165, 1.54) is 24.3 Å². The SMILES string of the molecule is Cc1cc(-c2nc3cc(NC(=O)C=Cc4cccc([N+](=O)[O-])c4)ccc3o2)ccc1Br. The number of carbonyl (C=O) groups excluding carboxylic acids is 1. The van der Waals surface area contributed by atoms with Crippen molar-refractivity contribution in [2.24, 2.45) is 0 Å². The van der Waals surface area contributed by atoms with Crippen molar-refractivity contribution >= 4 is 50.4 Å². The first kappa shape index (κ1) is 20.5. The zero-order valence-electron chi connectivity index (χ0n) is 16.3. The van der Waals surface area contributed by atoms with Crippen LogP contribution < -0.4 is 5.32 Å². The van der Waals surface area contributed by atoms with E-state index in [1.54, 1.807) is 30.3 Å². The summed E-state index contributed by atoms with van der Waals surface area (Å²) in [7, 11) is 0. The summed E-state index contributed by atoms with van der Waals surface area (Å²) in [6.45, 7) is 1.99. The van der Waals surface area contributed by atoms with E-state index < -0.39 is 4.92 Å². The van der Waals surface area contributed by atoms with Gasteiger partial charge < -0.3 is 9.73 Å². The standard InChI is InChI=1S/C23H16BrN3O4/c1-14-11-16(6-8-19(14)24)23-26-20-13-17(7-9-21(20)31-23)25-22(28)10-5-15-3-2-4-18(12-15)27(29)30/h2-13H,1H3,(H,25,28). The quantitative estimate of drug-likeness (QED) is 0.212. The van der Waals surface area contributed by atoms with Crippen molar-refractivity contribution in [3.05, 3.63) is 92.5 Å². The highest BCUT2D eigenvalue weighted by Gasteiger charge is 2.11. The van der Waals surface area contributed by atoms with E-state index in [4.69, 9.17) is 4.42 Å². The number of anilines is 1. The molecule has 0 spiro atoms. The number of aryl methyl sites for hydroxylation is 1. The number of amides is 1. The van der Waals surface area contributed by atoms with Crippen molar-refractivity contribution in [2.45, 2.75) is 6.92 Å². The van der Waals surface area contributed by atoms with Gasteiger partial charge in [0.25, 0.3) is 5.69 Å². The molecule has 7 nitrogen and oxygen atoms in total. The van der Waals surface area contributed by atoms with Gasteiger partial charge in [0.05, 0.1) is 4.92 Å². The highest BCUT2D eigenvalue weighted by atomic mass is 79.9. The van der Waals surface area contributed by atoms with Gasteiger partial charge in [0, 0.05) is 33.9 Å². The van der Waals surface area contributed by atoms with Crippen LogP contribution >= 0.6 is 15.9 Å². The molecule has 0 unspecified atom stereocenters. The molecule has 0 atom stereocenters. The molecule has 0 fully saturated rings. The second kappa shape index (κ2) is 8.53. The van der Waals surface area contributed by atoms with Crippen molar-refractivity contribution in [3.8, 4) is 11.5 Å². The summed E-state index contributed by atoms with van der Waals surface area (Å²) in [6.07, 6.45) is 2.84. The van der Waals surface area contributed by atoms with E-state index in [2.05, 4.69) is 26.2 Å². The number of halogens is 1. The molecular formula is C23H16BrN3O4. The fraction of sp³-hybridized carbons (Fsp3) is 0.0435. The van der Waals surface area contributed by atoms with Gasteiger partial charge in [-0.1, -0.05) is 28.1 Å². The summed E-state index contributed by atoms with van der Waals surface area (Å²) in [6, 6.07) is 17.1. The Balaban J connectivity index is 1.51. The molecular weight excluding hydrogens is 462 g/mol. The Morgan fingerprint density at radius 3 is 2.77 bits per heavy atom. The monoisotopic (exact) mass is 477 g/mol. The molecule has 3 aromatic carbocycles. The minimum absolute atomic E-state index is 0.0317. The Bertz CT molecular complexity index is 1340. The second-order valence-corrected chi connectivity index (χ2v) is 7.69. The molecule has 0 aliphatic carbocycles. The van der Waals surface area contributed by atoms with Crippen LogP contribution in [-0.4, -0.2) is 15.8 Å². The summed E-state index contributed by atoms with van der Waals surface area (Å²) in [5.41, 5.74) is 4.26. The van der Waals surface area contributed by atoms with Crippen LogP contribution in [-0.2, 0) is 4.79 Å². The molecule has 0 aliphatic heterocycles. The van der Waals surface area contributed by atoms with E-state index in [0.717, 1.165) is 15.6 Å². The third-order valence-electron chi connectivity index (χ3n) is 4.57. The predicted molar refractivity (Wildman–Crippen MR) is 123 cm³/mol. The summed E-state index contributed by atoms with van der Waals surface area (Å²) < 4.78 is 6.85. The van der Waals surface area contributed by atoms with Gasteiger partial charge in [0.1, 0.15) is 5.52 Å². The van der Waals surface area contributed by atoms with E-state index in [0.29, 0.717) is 28.2 Å². The van der Waals surface area contributed by atoms with Crippen LogP contribution in [0.3, 0.4) is 0 Å². The smallest absolute Gasteiger partial charge is 0.270 e. The average molecular weight is 478 g/mol. The van der Waals surface area contributed by atoms with Crippen molar-refractivity contribution in [2.75, 3.05) is 5.32 Å². The largest absolute Gasteiger partial charge is 0.436 e. The minimum Gasteiger partial charge on any atom is -0.436 e. The van der Waals surface area contributed by atoms with Crippen molar-refractivity contribution in [1.29, 1.82) is 0 Å². The molecule has 0 saturated carbocycles. The summed E-state index contributed by atoms with van der Waals surface area (Å²) in [4.78, 5) is 27.2. The van der Waals surface area contributed by atoms with E-state index in [9.17, 15) is 14.9 Å². The maximum Gasteiger partial charge on any atom is 0.270 e. The molecule has 8 heteroatoms. The third-order valence-corrected chi connectivity index (χ3v) is 5.46. The minimum atomic E-state index is -0.478. The summed E-state index contributed by atoms with van der Waals surface area (Å²) in [5.74, 6) is 0.137. The molecule has 4 aromatic rings. The molecule has 0 saturated heterocycles. The normalized spacial score (nSPS) is 11.2. The van der Waals surface area contributed by atoms with E-state index in [-0.39, 0.29) is 11.6 Å². The Hall–Kier alpha value is -3.78. The molecule has 1 heterocycles. The fourth-order valence-corrected chi connectivity index (χ4v) is 3.25. The topological polar surface area (TPSA) is 98.3 Å². The molecule has 4 rings (SSSR count). The Kier molecular flexibility index (Phi) is 5.64. The number of nitro benzene ring substituents is 1. The third kappa shape index (κ3) is 4.70. The lowest BCUT2D eigenvalue weighted by Gasteiger charge is -2.01. The number of hydrogen-bond acceptors (Lipinski definition) is 5. The molecule has 0 bridgehead atoms. The zero-order chi connectivity index (χ0) is 22.0. The molecule has 0 radical (unpaired) electrons. The Morgan fingerprint density at radius 1 is 1.16 bits per heavy atom. The number of nitrogens with one attached hydrogen (secondary N) is 1. The first-order valence-corrected chi connectivity index (χ1v) is 10.1. The van der Waals surface area contributed by atoms with Gasteiger partial charge in [-0.15, -0.1) is 0 Å². The summed E-state index contributed by atoms with van der Waals surface area (Å²) in [5, 5.41) is 13.6. The zero-order valence-corrected chi connectivity index (χ0v) is 17.9. The van der Waals surface area contributed by atoms with Crippen molar-refractivity contribution in [3.63, 3.8) is 0 Å². The maximum absolute atomic E-state index is 12.3. The first-order chi connectivity index (χ1) is 14.9. The number of aromatic nitrogens is 1. The van der Waals surface area contributed by atoms with E-state index in [1.807, 2.05) is 25.1 Å². The van der Waals surface area contributed by atoms with Crippen LogP contribution in [0.1, 0.15) is 11.1 Å². The number of rotatable bonds is 5. The van der Waals surface area contributed by atoms with Crippen LogP contribution in [0.15, 0.2) is 75.6 Å². The van der Waals surface area contributed by atoms with Gasteiger partial charge in [-0.3, -0.25) is 14.9 Å². The van der Waals surface area contributed by atoms with Gasteiger partial charge in [0.2, 0.25) is 11.8 Å². The van der Waals surface area contributed by atoms with Crippen molar-refractivity contribution in [1.82, 2.24) is 4.98 Å². The lowest BCUT2D eigenvalue weighted by atomic mass is 10.1. The molecule has 0 aliphatic rings. The molecule has 154 valence electrons. The number of non-ortho nitro benzene ring substituents is 1. The summed E-state index contributed by atoms with van der Waals surface area (Å²) >= 11 is 3.48. The van der Waals surface area contributed by atoms with Crippen LogP contribution in [0.5, 0.6) is 0 Å². The fourth-order valence-electron chi connectivity index (χ4n) is 3.00. The van der Waals surface area contributed by atoms with Gasteiger partial charge in [-0.25, -0.2) is 4.98 Å². The maximum atomic E-state index is 12.3. The lowest BCUT2D eigenvalue weighted by Crippen LogP contribution is -2.07. The Labute approximate surface area is 185 Å². The predicted octanol–water partition coefficient (Wildman–Crippen LogP) is 6.13.